The van der Waals surface area contributed by atoms with E-state index in [-0.39, 0.29) is 12.3 Å². The van der Waals surface area contributed by atoms with Crippen molar-refractivity contribution in [1.82, 2.24) is 10.4 Å². The summed E-state index contributed by atoms with van der Waals surface area (Å²) in [5.41, 5.74) is 3.23. The van der Waals surface area contributed by atoms with Crippen molar-refractivity contribution in [2.75, 3.05) is 12.4 Å². The van der Waals surface area contributed by atoms with Gasteiger partial charge in [-0.2, -0.15) is 13.2 Å². The SMILES string of the molecule is CNc1cccc(C2CC2)c1OCc1cc(C(F)(F)F)ccn1.NNC=O. The molecule has 0 atom stereocenters. The number of para-hydroxylation sites is 1. The van der Waals surface area contributed by atoms with Gasteiger partial charge in [-0.1, -0.05) is 12.1 Å². The van der Waals surface area contributed by atoms with Crippen LogP contribution in [0.25, 0.3) is 0 Å². The summed E-state index contributed by atoms with van der Waals surface area (Å²) in [6.45, 7) is 0.00231. The second-order valence-corrected chi connectivity index (χ2v) is 5.86. The van der Waals surface area contributed by atoms with E-state index in [1.54, 1.807) is 12.5 Å². The van der Waals surface area contributed by atoms with Crippen molar-refractivity contribution in [2.24, 2.45) is 5.84 Å². The number of anilines is 1. The zero-order valence-electron chi connectivity index (χ0n) is 14.7. The Bertz CT molecular complexity index is 765. The molecule has 146 valence electrons. The van der Waals surface area contributed by atoms with Crippen molar-refractivity contribution in [3.63, 3.8) is 0 Å². The molecule has 0 radical (unpaired) electrons. The largest absolute Gasteiger partial charge is 0.485 e. The van der Waals surface area contributed by atoms with Crippen molar-refractivity contribution < 1.29 is 22.7 Å². The van der Waals surface area contributed by atoms with E-state index in [9.17, 15) is 13.2 Å². The highest BCUT2D eigenvalue weighted by Gasteiger charge is 2.31. The molecule has 1 aliphatic carbocycles. The first-order chi connectivity index (χ1) is 12.9. The number of amides is 1. The summed E-state index contributed by atoms with van der Waals surface area (Å²) in [5.74, 6) is 5.59. The highest BCUT2D eigenvalue weighted by Crippen LogP contribution is 2.46. The zero-order valence-corrected chi connectivity index (χ0v) is 14.7. The fraction of sp³-hybridized carbons (Fsp3) is 0.333. The summed E-state index contributed by atoms with van der Waals surface area (Å²) >= 11 is 0. The van der Waals surface area contributed by atoms with Gasteiger partial charge in [-0.25, -0.2) is 5.84 Å². The Labute approximate surface area is 154 Å². The number of carbonyl (C=O) groups is 1. The lowest BCUT2D eigenvalue weighted by Gasteiger charge is -2.16. The third kappa shape index (κ3) is 5.85. The van der Waals surface area contributed by atoms with Crippen LogP contribution in [-0.4, -0.2) is 18.4 Å². The van der Waals surface area contributed by atoms with E-state index in [2.05, 4.69) is 16.1 Å². The molecule has 3 rings (SSSR count). The second kappa shape index (κ2) is 9.22. The first-order valence-electron chi connectivity index (χ1n) is 8.26. The van der Waals surface area contributed by atoms with Gasteiger partial charge < -0.3 is 10.1 Å². The molecule has 1 amide bonds. The van der Waals surface area contributed by atoms with Crippen molar-refractivity contribution in [3.05, 3.63) is 53.3 Å². The van der Waals surface area contributed by atoms with Crippen LogP contribution in [0.2, 0.25) is 0 Å². The van der Waals surface area contributed by atoms with Crippen molar-refractivity contribution >= 4 is 12.1 Å². The van der Waals surface area contributed by atoms with Crippen molar-refractivity contribution in [2.45, 2.75) is 31.5 Å². The summed E-state index contributed by atoms with van der Waals surface area (Å²) in [4.78, 5) is 12.9. The van der Waals surface area contributed by atoms with E-state index in [0.717, 1.165) is 42.4 Å². The Morgan fingerprint density at radius 2 is 2.04 bits per heavy atom. The highest BCUT2D eigenvalue weighted by atomic mass is 19.4. The minimum Gasteiger partial charge on any atom is -0.485 e. The molecule has 2 aromatic rings. The molecule has 0 saturated heterocycles. The minimum absolute atomic E-state index is 0.00231. The number of hydrogen-bond acceptors (Lipinski definition) is 5. The lowest BCUT2D eigenvalue weighted by Crippen LogP contribution is -2.18. The predicted molar refractivity (Wildman–Crippen MR) is 94.9 cm³/mol. The monoisotopic (exact) mass is 382 g/mol. The van der Waals surface area contributed by atoms with E-state index in [4.69, 9.17) is 9.53 Å². The van der Waals surface area contributed by atoms with Gasteiger partial charge in [0.2, 0.25) is 6.41 Å². The van der Waals surface area contributed by atoms with Crippen LogP contribution in [-0.2, 0) is 17.6 Å². The number of ether oxygens (including phenoxy) is 1. The fourth-order valence-corrected chi connectivity index (χ4v) is 2.51. The Kier molecular flexibility index (Phi) is 7.00. The number of pyridine rings is 1. The molecule has 1 saturated carbocycles. The summed E-state index contributed by atoms with van der Waals surface area (Å²) < 4.78 is 44.1. The summed E-state index contributed by atoms with van der Waals surface area (Å²) in [5, 5.41) is 3.07. The van der Waals surface area contributed by atoms with Crippen LogP contribution in [0, 0.1) is 0 Å². The number of rotatable bonds is 6. The molecule has 0 aliphatic heterocycles. The molecule has 9 heteroatoms. The normalized spacial score (nSPS) is 13.2. The summed E-state index contributed by atoms with van der Waals surface area (Å²) in [7, 11) is 1.79. The maximum absolute atomic E-state index is 12.7. The van der Waals surface area contributed by atoms with Gasteiger partial charge in [0, 0.05) is 13.2 Å². The van der Waals surface area contributed by atoms with Crippen LogP contribution >= 0.6 is 0 Å². The fourth-order valence-electron chi connectivity index (χ4n) is 2.51. The molecule has 1 fully saturated rings. The van der Waals surface area contributed by atoms with Gasteiger partial charge in [0.25, 0.3) is 0 Å². The molecule has 1 heterocycles. The molecule has 1 aromatic carbocycles. The average molecular weight is 382 g/mol. The zero-order chi connectivity index (χ0) is 19.9. The maximum Gasteiger partial charge on any atom is 0.416 e. The third-order valence-electron chi connectivity index (χ3n) is 3.91. The quantitative estimate of drug-likeness (QED) is 0.309. The molecule has 0 unspecified atom stereocenters. The van der Waals surface area contributed by atoms with E-state index < -0.39 is 11.7 Å². The maximum atomic E-state index is 12.7. The van der Waals surface area contributed by atoms with Crippen LogP contribution in [0.3, 0.4) is 0 Å². The minimum atomic E-state index is -4.38. The molecular weight excluding hydrogens is 361 g/mol. The summed E-state index contributed by atoms with van der Waals surface area (Å²) in [6.07, 6.45) is -0.580. The van der Waals surface area contributed by atoms with Crippen LogP contribution in [0.4, 0.5) is 18.9 Å². The number of nitrogens with zero attached hydrogens (tertiary/aromatic N) is 1. The molecule has 1 aromatic heterocycles. The Hall–Kier alpha value is -2.81. The van der Waals surface area contributed by atoms with Crippen LogP contribution in [0.15, 0.2) is 36.5 Å². The Morgan fingerprint density at radius 1 is 1.33 bits per heavy atom. The summed E-state index contributed by atoms with van der Waals surface area (Å²) in [6, 6.07) is 7.84. The topological polar surface area (TPSA) is 89.3 Å². The average Bonchev–Trinajstić information content (AvgIpc) is 3.51. The Balaban J connectivity index is 0.000000596. The smallest absolute Gasteiger partial charge is 0.416 e. The number of alkyl halides is 3. The molecule has 27 heavy (non-hydrogen) atoms. The van der Waals surface area contributed by atoms with Crippen LogP contribution in [0.1, 0.15) is 35.6 Å². The molecule has 6 nitrogen and oxygen atoms in total. The molecule has 4 N–H and O–H groups in total. The van der Waals surface area contributed by atoms with Gasteiger partial charge in [-0.3, -0.25) is 15.2 Å². The van der Waals surface area contributed by atoms with Gasteiger partial charge in [0.1, 0.15) is 12.4 Å². The number of nitrogens with one attached hydrogen (secondary N) is 2. The van der Waals surface area contributed by atoms with E-state index in [1.807, 2.05) is 18.2 Å². The number of aromatic nitrogens is 1. The lowest BCUT2D eigenvalue weighted by atomic mass is 10.1. The standard InChI is InChI=1S/C17H17F3N2O.CH4N2O/c1-21-15-4-2-3-14(11-5-6-11)16(15)23-10-13-9-12(7-8-22-13)17(18,19)20;2-3-1-4/h2-4,7-9,11,21H,5-6,10H2,1H3;1H,2H2,(H,3,4). The van der Waals surface area contributed by atoms with Crippen molar-refractivity contribution in [1.29, 1.82) is 0 Å². The Morgan fingerprint density at radius 3 is 2.59 bits per heavy atom. The van der Waals surface area contributed by atoms with E-state index in [1.165, 1.54) is 0 Å². The van der Waals surface area contributed by atoms with Crippen LogP contribution < -0.4 is 21.3 Å². The van der Waals surface area contributed by atoms with Gasteiger partial charge in [0.05, 0.1) is 16.9 Å². The second-order valence-electron chi connectivity index (χ2n) is 5.86. The number of nitrogens with two attached hydrogens (primary N) is 1. The number of halogens is 3. The van der Waals surface area contributed by atoms with E-state index in [0.29, 0.717) is 18.1 Å². The van der Waals surface area contributed by atoms with Gasteiger partial charge in [-0.15, -0.1) is 0 Å². The predicted octanol–water partition coefficient (Wildman–Crippen LogP) is 3.20. The van der Waals surface area contributed by atoms with Crippen molar-refractivity contribution in [3.8, 4) is 5.75 Å². The third-order valence-corrected chi connectivity index (χ3v) is 3.91. The number of hydrogen-bond donors (Lipinski definition) is 3. The highest BCUT2D eigenvalue weighted by molar-refractivity contribution is 5.61. The van der Waals surface area contributed by atoms with Crippen LogP contribution in [0.5, 0.6) is 5.75 Å². The number of hydrazine groups is 1. The van der Waals surface area contributed by atoms with E-state index >= 15 is 0 Å². The number of benzene rings is 1. The lowest BCUT2D eigenvalue weighted by molar-refractivity contribution is -0.137. The number of carbonyl (C=O) groups excluding carboxylic acids is 1. The molecule has 0 bridgehead atoms. The first kappa shape index (κ1) is 20.5. The molecule has 1 aliphatic rings. The van der Waals surface area contributed by atoms with Gasteiger partial charge in [0.15, 0.2) is 0 Å². The van der Waals surface area contributed by atoms with Gasteiger partial charge in [-0.05, 0) is 42.5 Å². The molecule has 0 spiro atoms. The molecular formula is C18H21F3N4O2. The first-order valence-corrected chi connectivity index (χ1v) is 8.26. The van der Waals surface area contributed by atoms with Gasteiger partial charge >= 0.3 is 6.18 Å².